The summed E-state index contributed by atoms with van der Waals surface area (Å²) in [5.41, 5.74) is 0. The predicted octanol–water partition coefficient (Wildman–Crippen LogP) is -0.956. The van der Waals surface area contributed by atoms with Crippen molar-refractivity contribution in [2.75, 3.05) is 32.8 Å². The van der Waals surface area contributed by atoms with E-state index >= 15 is 0 Å². The zero-order chi connectivity index (χ0) is 9.68. The second kappa shape index (κ2) is 5.54. The highest BCUT2D eigenvalue weighted by Crippen LogP contribution is 2.16. The number of nitrogens with zero attached hydrogens (tertiary/aromatic N) is 1. The molecule has 4 nitrogen and oxygen atoms in total. The molecule has 0 aromatic carbocycles. The van der Waals surface area contributed by atoms with Crippen LogP contribution in [0.25, 0.3) is 0 Å². The Morgan fingerprint density at radius 1 is 1.23 bits per heavy atom. The SMILES string of the molecule is OCC(O)CN1CCC(CO)CC1. The van der Waals surface area contributed by atoms with Gasteiger partial charge in [0, 0.05) is 13.2 Å². The van der Waals surface area contributed by atoms with Gasteiger partial charge in [0.1, 0.15) is 0 Å². The molecule has 3 N–H and O–H groups in total. The Balaban J connectivity index is 2.17. The minimum absolute atomic E-state index is 0.167. The van der Waals surface area contributed by atoms with Crippen molar-refractivity contribution in [1.82, 2.24) is 4.90 Å². The maximum Gasteiger partial charge on any atom is 0.0897 e. The third kappa shape index (κ3) is 3.60. The van der Waals surface area contributed by atoms with Crippen LogP contribution in [0, 0.1) is 5.92 Å². The molecule has 0 bridgehead atoms. The van der Waals surface area contributed by atoms with Crippen LogP contribution in [0.1, 0.15) is 12.8 Å². The molecule has 78 valence electrons. The first-order chi connectivity index (χ1) is 6.26. The van der Waals surface area contributed by atoms with E-state index in [1.54, 1.807) is 0 Å². The Labute approximate surface area is 78.8 Å². The fourth-order valence-corrected chi connectivity index (χ4v) is 1.71. The highest BCUT2D eigenvalue weighted by atomic mass is 16.3. The number of aliphatic hydroxyl groups is 3. The van der Waals surface area contributed by atoms with Gasteiger partial charge in [-0.05, 0) is 31.8 Å². The van der Waals surface area contributed by atoms with Gasteiger partial charge in [0.15, 0.2) is 0 Å². The van der Waals surface area contributed by atoms with Gasteiger partial charge in [0.25, 0.3) is 0 Å². The summed E-state index contributed by atoms with van der Waals surface area (Å²) in [6.07, 6.45) is 1.37. The fraction of sp³-hybridized carbons (Fsp3) is 1.00. The molecule has 1 atom stereocenters. The Morgan fingerprint density at radius 2 is 1.85 bits per heavy atom. The maximum absolute atomic E-state index is 9.19. The topological polar surface area (TPSA) is 63.9 Å². The molecule has 0 aromatic heterocycles. The van der Waals surface area contributed by atoms with E-state index < -0.39 is 6.10 Å². The molecule has 0 spiro atoms. The number of likely N-dealkylation sites (tertiary alicyclic amines) is 1. The van der Waals surface area contributed by atoms with Gasteiger partial charge in [-0.15, -0.1) is 0 Å². The molecule has 1 aliphatic heterocycles. The molecule has 1 fully saturated rings. The second-order valence-electron chi connectivity index (χ2n) is 3.76. The van der Waals surface area contributed by atoms with Crippen molar-refractivity contribution in [3.63, 3.8) is 0 Å². The van der Waals surface area contributed by atoms with E-state index in [2.05, 4.69) is 4.90 Å². The summed E-state index contributed by atoms with van der Waals surface area (Å²) in [6, 6.07) is 0. The van der Waals surface area contributed by atoms with E-state index in [0.29, 0.717) is 12.5 Å². The summed E-state index contributed by atoms with van der Waals surface area (Å²) in [6.45, 7) is 2.50. The molecule has 1 rings (SSSR count). The van der Waals surface area contributed by atoms with Gasteiger partial charge < -0.3 is 20.2 Å². The smallest absolute Gasteiger partial charge is 0.0897 e. The minimum Gasteiger partial charge on any atom is -0.396 e. The monoisotopic (exact) mass is 189 g/mol. The van der Waals surface area contributed by atoms with E-state index in [4.69, 9.17) is 10.2 Å². The Bertz CT molecular complexity index is 135. The fourth-order valence-electron chi connectivity index (χ4n) is 1.71. The van der Waals surface area contributed by atoms with Crippen LogP contribution in [0.2, 0.25) is 0 Å². The maximum atomic E-state index is 9.19. The summed E-state index contributed by atoms with van der Waals surface area (Å²) in [5, 5.41) is 26.7. The lowest BCUT2D eigenvalue weighted by Crippen LogP contribution is -2.40. The lowest BCUT2D eigenvalue weighted by atomic mass is 9.98. The van der Waals surface area contributed by atoms with Crippen LogP contribution in [-0.4, -0.2) is 59.2 Å². The van der Waals surface area contributed by atoms with E-state index in [0.717, 1.165) is 25.9 Å². The highest BCUT2D eigenvalue weighted by Gasteiger charge is 2.19. The normalized spacial score (nSPS) is 23.3. The summed E-state index contributed by atoms with van der Waals surface area (Å²) < 4.78 is 0. The molecular weight excluding hydrogens is 170 g/mol. The van der Waals surface area contributed by atoms with Crippen LogP contribution in [0.4, 0.5) is 0 Å². The number of hydrogen-bond donors (Lipinski definition) is 3. The van der Waals surface area contributed by atoms with Crippen molar-refractivity contribution < 1.29 is 15.3 Å². The number of β-amino-alcohol motifs (C(OH)–C–C–N with tert-alkyl or cyclic N) is 1. The quantitative estimate of drug-likeness (QED) is 0.533. The van der Waals surface area contributed by atoms with Gasteiger partial charge in [-0.2, -0.15) is 0 Å². The Morgan fingerprint density at radius 3 is 2.31 bits per heavy atom. The van der Waals surface area contributed by atoms with Crippen LogP contribution in [-0.2, 0) is 0 Å². The van der Waals surface area contributed by atoms with Gasteiger partial charge in [0.05, 0.1) is 12.7 Å². The number of piperidine rings is 1. The largest absolute Gasteiger partial charge is 0.396 e. The molecule has 0 aromatic rings. The van der Waals surface area contributed by atoms with E-state index in [9.17, 15) is 5.11 Å². The average molecular weight is 189 g/mol. The summed E-state index contributed by atoms with van der Waals surface area (Å²) in [4.78, 5) is 2.13. The first kappa shape index (κ1) is 10.9. The number of hydrogen-bond acceptors (Lipinski definition) is 4. The van der Waals surface area contributed by atoms with Crippen molar-refractivity contribution in [2.24, 2.45) is 5.92 Å². The van der Waals surface area contributed by atoms with Gasteiger partial charge >= 0.3 is 0 Å². The van der Waals surface area contributed by atoms with Gasteiger partial charge in [-0.1, -0.05) is 0 Å². The summed E-state index contributed by atoms with van der Waals surface area (Å²) in [5.74, 6) is 0.433. The van der Waals surface area contributed by atoms with Crippen LogP contribution in [0.3, 0.4) is 0 Å². The van der Waals surface area contributed by atoms with Crippen LogP contribution in [0.5, 0.6) is 0 Å². The molecule has 4 heteroatoms. The number of rotatable bonds is 4. The van der Waals surface area contributed by atoms with Crippen LogP contribution < -0.4 is 0 Å². The van der Waals surface area contributed by atoms with Crippen molar-refractivity contribution in [2.45, 2.75) is 18.9 Å². The molecule has 1 aliphatic rings. The zero-order valence-corrected chi connectivity index (χ0v) is 7.89. The van der Waals surface area contributed by atoms with Crippen LogP contribution >= 0.6 is 0 Å². The summed E-state index contributed by atoms with van der Waals surface area (Å²) in [7, 11) is 0. The molecule has 1 saturated heterocycles. The Kier molecular flexibility index (Phi) is 4.66. The number of aliphatic hydroxyl groups excluding tert-OH is 3. The van der Waals surface area contributed by atoms with Crippen molar-refractivity contribution >= 4 is 0 Å². The second-order valence-corrected chi connectivity index (χ2v) is 3.76. The third-order valence-corrected chi connectivity index (χ3v) is 2.65. The molecule has 0 amide bonds. The van der Waals surface area contributed by atoms with Gasteiger partial charge in [-0.3, -0.25) is 0 Å². The van der Waals surface area contributed by atoms with E-state index in [-0.39, 0.29) is 13.2 Å². The molecule has 1 heterocycles. The van der Waals surface area contributed by atoms with Crippen molar-refractivity contribution in [3.8, 4) is 0 Å². The first-order valence-corrected chi connectivity index (χ1v) is 4.88. The average Bonchev–Trinajstić information content (AvgIpc) is 2.19. The van der Waals surface area contributed by atoms with E-state index in [1.807, 2.05) is 0 Å². The van der Waals surface area contributed by atoms with Crippen molar-refractivity contribution in [3.05, 3.63) is 0 Å². The van der Waals surface area contributed by atoms with E-state index in [1.165, 1.54) is 0 Å². The standard InChI is InChI=1S/C9H19NO3/c11-6-8-1-3-10(4-2-8)5-9(13)7-12/h8-9,11-13H,1-7H2. The highest BCUT2D eigenvalue weighted by molar-refractivity contribution is 4.73. The summed E-state index contributed by atoms with van der Waals surface area (Å²) >= 11 is 0. The lowest BCUT2D eigenvalue weighted by Gasteiger charge is -2.31. The van der Waals surface area contributed by atoms with Gasteiger partial charge in [0.2, 0.25) is 0 Å². The zero-order valence-electron chi connectivity index (χ0n) is 7.89. The molecule has 1 unspecified atom stereocenters. The molecule has 13 heavy (non-hydrogen) atoms. The third-order valence-electron chi connectivity index (χ3n) is 2.65. The Hall–Kier alpha value is -0.160. The first-order valence-electron chi connectivity index (χ1n) is 4.88. The van der Waals surface area contributed by atoms with Gasteiger partial charge in [-0.25, -0.2) is 0 Å². The molecule has 0 saturated carbocycles. The van der Waals surface area contributed by atoms with Crippen molar-refractivity contribution in [1.29, 1.82) is 0 Å². The lowest BCUT2D eigenvalue weighted by molar-refractivity contribution is 0.0421. The van der Waals surface area contributed by atoms with Crippen LogP contribution in [0.15, 0.2) is 0 Å². The predicted molar refractivity (Wildman–Crippen MR) is 49.3 cm³/mol. The molecular formula is C9H19NO3. The molecule has 0 aliphatic carbocycles. The molecule has 0 radical (unpaired) electrons. The minimum atomic E-state index is -0.620.